The van der Waals surface area contributed by atoms with Gasteiger partial charge in [0.2, 0.25) is 5.91 Å². The highest BCUT2D eigenvalue weighted by Gasteiger charge is 2.31. The molecule has 2 aliphatic rings. The molecule has 0 saturated carbocycles. The number of rotatable bonds is 5. The van der Waals surface area contributed by atoms with E-state index in [4.69, 9.17) is 0 Å². The normalized spacial score (nSPS) is 19.4. The van der Waals surface area contributed by atoms with Crippen molar-refractivity contribution in [2.75, 3.05) is 44.2 Å². The fourth-order valence-electron chi connectivity index (χ4n) is 4.98. The number of piperidine rings is 1. The van der Waals surface area contributed by atoms with Crippen molar-refractivity contribution in [3.05, 3.63) is 59.7 Å². The molecular weight excluding hydrogens is 428 g/mol. The number of hydrogen-bond acceptors (Lipinski definition) is 7. The molecule has 0 radical (unpaired) electrons. The van der Waals surface area contributed by atoms with E-state index >= 15 is 0 Å². The number of anilines is 1. The highest BCUT2D eigenvalue weighted by Crippen LogP contribution is 2.24. The standard InChI is InChI=1S/C25H32N8O/c1-19-15-20(2)33(29-19)24-8-7-23(27-28-24)32-10-4-6-22(18-32)25(34)31-13-11-30(12-14-31)17-21-5-3-9-26-16-21/h3,5,7-9,15-16,22H,4,6,10-14,17-18H2,1-2H3. The number of amides is 1. The minimum Gasteiger partial charge on any atom is -0.354 e. The van der Waals surface area contributed by atoms with Gasteiger partial charge < -0.3 is 9.80 Å². The van der Waals surface area contributed by atoms with Gasteiger partial charge in [0, 0.05) is 63.9 Å². The van der Waals surface area contributed by atoms with Crippen LogP contribution in [0.3, 0.4) is 0 Å². The molecule has 1 unspecified atom stereocenters. The molecule has 178 valence electrons. The van der Waals surface area contributed by atoms with E-state index in [9.17, 15) is 4.79 Å². The van der Waals surface area contributed by atoms with Gasteiger partial charge in [-0.25, -0.2) is 4.68 Å². The van der Waals surface area contributed by atoms with Crippen LogP contribution in [0.4, 0.5) is 5.82 Å². The average molecular weight is 461 g/mol. The SMILES string of the molecule is Cc1cc(C)n(-c2ccc(N3CCCC(C(=O)N4CCN(Cc5cccnc5)CC4)C3)nn2)n1. The van der Waals surface area contributed by atoms with Crippen molar-refractivity contribution >= 4 is 11.7 Å². The first-order valence-corrected chi connectivity index (χ1v) is 12.1. The second-order valence-electron chi connectivity index (χ2n) is 9.34. The summed E-state index contributed by atoms with van der Waals surface area (Å²) in [6, 6.07) is 10.0. The van der Waals surface area contributed by atoms with Crippen LogP contribution in [0.2, 0.25) is 0 Å². The largest absolute Gasteiger partial charge is 0.354 e. The molecule has 3 aromatic rings. The summed E-state index contributed by atoms with van der Waals surface area (Å²) in [6.07, 6.45) is 5.64. The van der Waals surface area contributed by atoms with Gasteiger partial charge in [-0.05, 0) is 56.5 Å². The molecule has 0 aliphatic carbocycles. The Morgan fingerprint density at radius 1 is 1.03 bits per heavy atom. The van der Waals surface area contributed by atoms with Crippen LogP contribution in [0.15, 0.2) is 42.7 Å². The summed E-state index contributed by atoms with van der Waals surface area (Å²) < 4.78 is 1.81. The lowest BCUT2D eigenvalue weighted by Crippen LogP contribution is -2.52. The number of aryl methyl sites for hydroxylation is 2. The predicted molar refractivity (Wildman–Crippen MR) is 130 cm³/mol. The summed E-state index contributed by atoms with van der Waals surface area (Å²) in [7, 11) is 0. The van der Waals surface area contributed by atoms with Crippen LogP contribution in [-0.2, 0) is 11.3 Å². The van der Waals surface area contributed by atoms with E-state index in [1.807, 2.05) is 53.9 Å². The summed E-state index contributed by atoms with van der Waals surface area (Å²) in [6.45, 7) is 9.83. The number of carbonyl (C=O) groups is 1. The molecule has 2 aliphatic heterocycles. The molecule has 1 amide bonds. The molecule has 3 aromatic heterocycles. The third-order valence-electron chi connectivity index (χ3n) is 6.77. The molecule has 0 spiro atoms. The lowest BCUT2D eigenvalue weighted by molar-refractivity contribution is -0.137. The van der Waals surface area contributed by atoms with Gasteiger partial charge in [0.05, 0.1) is 11.6 Å². The predicted octanol–water partition coefficient (Wildman–Crippen LogP) is 2.23. The van der Waals surface area contributed by atoms with Crippen LogP contribution in [0.5, 0.6) is 0 Å². The molecular formula is C25H32N8O. The maximum absolute atomic E-state index is 13.3. The van der Waals surface area contributed by atoms with Gasteiger partial charge in [0.25, 0.3) is 0 Å². The molecule has 0 N–H and O–H groups in total. The molecule has 5 heterocycles. The van der Waals surface area contributed by atoms with Gasteiger partial charge in [-0.1, -0.05) is 6.07 Å². The Bertz CT molecular complexity index is 1110. The number of carbonyl (C=O) groups excluding carboxylic acids is 1. The Kier molecular flexibility index (Phi) is 6.53. The zero-order valence-electron chi connectivity index (χ0n) is 20.0. The minimum absolute atomic E-state index is 0.0103. The third-order valence-corrected chi connectivity index (χ3v) is 6.77. The molecule has 9 heteroatoms. The van der Waals surface area contributed by atoms with Gasteiger partial charge in [0.15, 0.2) is 11.6 Å². The summed E-state index contributed by atoms with van der Waals surface area (Å²) in [5.41, 5.74) is 3.21. The maximum Gasteiger partial charge on any atom is 0.227 e. The van der Waals surface area contributed by atoms with E-state index in [1.54, 1.807) is 6.20 Å². The monoisotopic (exact) mass is 460 g/mol. The summed E-state index contributed by atoms with van der Waals surface area (Å²) >= 11 is 0. The van der Waals surface area contributed by atoms with Crippen molar-refractivity contribution < 1.29 is 4.79 Å². The number of piperazine rings is 1. The fraction of sp³-hybridized carbons (Fsp3) is 0.480. The van der Waals surface area contributed by atoms with E-state index < -0.39 is 0 Å². The fourth-order valence-corrected chi connectivity index (χ4v) is 4.98. The van der Waals surface area contributed by atoms with Gasteiger partial charge >= 0.3 is 0 Å². The Balaban J connectivity index is 1.17. The molecule has 1 atom stereocenters. The van der Waals surface area contributed by atoms with Crippen LogP contribution in [-0.4, -0.2) is 79.9 Å². The van der Waals surface area contributed by atoms with Gasteiger partial charge in [-0.2, -0.15) is 5.10 Å². The molecule has 2 fully saturated rings. The maximum atomic E-state index is 13.3. The molecule has 0 aromatic carbocycles. The summed E-state index contributed by atoms with van der Waals surface area (Å²) in [4.78, 5) is 24.1. The highest BCUT2D eigenvalue weighted by atomic mass is 16.2. The quantitative estimate of drug-likeness (QED) is 0.577. The topological polar surface area (TPSA) is 83.3 Å². The summed E-state index contributed by atoms with van der Waals surface area (Å²) in [5, 5.41) is 13.3. The smallest absolute Gasteiger partial charge is 0.227 e. The minimum atomic E-state index is 0.0103. The zero-order chi connectivity index (χ0) is 23.5. The van der Waals surface area contributed by atoms with Gasteiger partial charge in [-0.15, -0.1) is 10.2 Å². The average Bonchev–Trinajstić information content (AvgIpc) is 3.22. The lowest BCUT2D eigenvalue weighted by atomic mass is 9.96. The first-order chi connectivity index (χ1) is 16.6. The van der Waals surface area contributed by atoms with Crippen LogP contribution < -0.4 is 4.90 Å². The molecule has 34 heavy (non-hydrogen) atoms. The highest BCUT2D eigenvalue weighted by molar-refractivity contribution is 5.80. The van der Waals surface area contributed by atoms with E-state index in [1.165, 1.54) is 5.56 Å². The zero-order valence-corrected chi connectivity index (χ0v) is 20.0. The molecule has 9 nitrogen and oxygen atoms in total. The van der Waals surface area contributed by atoms with Crippen LogP contribution in [0, 0.1) is 19.8 Å². The number of pyridine rings is 1. The van der Waals surface area contributed by atoms with E-state index in [0.717, 1.165) is 69.3 Å². The van der Waals surface area contributed by atoms with Gasteiger partial charge in [0.1, 0.15) is 0 Å². The van der Waals surface area contributed by atoms with Crippen molar-refractivity contribution in [1.29, 1.82) is 0 Å². The Morgan fingerprint density at radius 3 is 2.50 bits per heavy atom. The van der Waals surface area contributed by atoms with E-state index in [2.05, 4.69) is 36.1 Å². The van der Waals surface area contributed by atoms with E-state index in [-0.39, 0.29) is 11.8 Å². The second kappa shape index (κ2) is 9.89. The van der Waals surface area contributed by atoms with Crippen molar-refractivity contribution in [2.24, 2.45) is 5.92 Å². The van der Waals surface area contributed by atoms with Crippen LogP contribution in [0.1, 0.15) is 29.8 Å². The summed E-state index contributed by atoms with van der Waals surface area (Å²) in [5.74, 6) is 1.82. The third kappa shape index (κ3) is 4.94. The first kappa shape index (κ1) is 22.5. The van der Waals surface area contributed by atoms with Crippen LogP contribution in [0.25, 0.3) is 5.82 Å². The van der Waals surface area contributed by atoms with Crippen molar-refractivity contribution in [2.45, 2.75) is 33.2 Å². The number of aromatic nitrogens is 5. The molecule has 5 rings (SSSR count). The number of hydrogen-bond donors (Lipinski definition) is 0. The second-order valence-corrected chi connectivity index (χ2v) is 9.34. The Hall–Kier alpha value is -3.33. The first-order valence-electron chi connectivity index (χ1n) is 12.1. The van der Waals surface area contributed by atoms with Crippen molar-refractivity contribution in [3.63, 3.8) is 0 Å². The Morgan fingerprint density at radius 2 is 1.82 bits per heavy atom. The molecule has 2 saturated heterocycles. The van der Waals surface area contributed by atoms with Crippen LogP contribution >= 0.6 is 0 Å². The van der Waals surface area contributed by atoms with E-state index in [0.29, 0.717) is 12.4 Å². The number of nitrogens with zero attached hydrogens (tertiary/aromatic N) is 8. The van der Waals surface area contributed by atoms with Crippen molar-refractivity contribution in [1.82, 2.24) is 34.8 Å². The lowest BCUT2D eigenvalue weighted by Gasteiger charge is -2.39. The molecule has 0 bridgehead atoms. The van der Waals surface area contributed by atoms with Gasteiger partial charge in [-0.3, -0.25) is 14.7 Å². The Labute approximate surface area is 200 Å². The van der Waals surface area contributed by atoms with Crippen molar-refractivity contribution in [3.8, 4) is 5.82 Å².